The molecule has 17 heteroatoms. The average Bonchev–Trinajstić information content (AvgIpc) is 3.24. The van der Waals surface area contributed by atoms with Crippen molar-refractivity contribution in [3.05, 3.63) is 15.6 Å². The summed E-state index contributed by atoms with van der Waals surface area (Å²) in [5, 5.41) is 11.6. The second-order valence-electron chi connectivity index (χ2n) is 10.1. The Labute approximate surface area is 218 Å². The van der Waals surface area contributed by atoms with E-state index in [2.05, 4.69) is 14.5 Å². The molecule has 2 aliphatic rings. The molecule has 206 valence electrons. The maximum absolute atomic E-state index is 12.9. The van der Waals surface area contributed by atoms with Crippen LogP contribution in [0.5, 0.6) is 0 Å². The minimum atomic E-state index is -4.44. The fourth-order valence-corrected chi connectivity index (χ4v) is 4.92. The number of hydrogen-bond donors (Lipinski definition) is 2. The number of aromatic nitrogens is 1. The monoisotopic (exact) mass is 562 g/mol. The first-order valence-corrected chi connectivity index (χ1v) is 13.2. The van der Waals surface area contributed by atoms with E-state index >= 15 is 0 Å². The second-order valence-corrected chi connectivity index (χ2v) is 12.5. The molecular formula is C20H30N6O9S2. The van der Waals surface area contributed by atoms with Crippen LogP contribution >= 0.6 is 11.3 Å². The third-order valence-electron chi connectivity index (χ3n) is 4.72. The third kappa shape index (κ3) is 7.06. The van der Waals surface area contributed by atoms with Gasteiger partial charge in [0.05, 0.1) is 37.3 Å². The predicted molar refractivity (Wildman–Crippen MR) is 128 cm³/mol. The van der Waals surface area contributed by atoms with Gasteiger partial charge >= 0.3 is 28.6 Å². The highest BCUT2D eigenvalue weighted by atomic mass is 32.3. The lowest BCUT2D eigenvalue weighted by Crippen LogP contribution is -2.49. The molecule has 1 aromatic heterocycles. The highest BCUT2D eigenvalue weighted by Gasteiger charge is 2.48. The summed E-state index contributed by atoms with van der Waals surface area (Å²) in [6.45, 7) is 9.93. The number of rotatable bonds is 5. The van der Waals surface area contributed by atoms with Crippen molar-refractivity contribution in [3.8, 4) is 0 Å². The van der Waals surface area contributed by atoms with Gasteiger partial charge in [-0.25, -0.2) is 24.3 Å². The number of alkyl carbamates (subject to hydrolysis) is 1. The zero-order valence-electron chi connectivity index (χ0n) is 21.5. The Hall–Kier alpha value is -3.02. The Morgan fingerprint density at radius 3 is 2.38 bits per heavy atom. The number of hydroxylamine groups is 2. The molecule has 0 aromatic carbocycles. The first-order chi connectivity index (χ1) is 16.9. The molecule has 0 radical (unpaired) electrons. The topological polar surface area (TPSA) is 181 Å². The molecule has 4 amide bonds. The molecule has 1 aromatic rings. The van der Waals surface area contributed by atoms with Gasteiger partial charge in [-0.1, -0.05) is 0 Å². The molecule has 3 heterocycles. The van der Waals surface area contributed by atoms with E-state index in [-0.39, 0.29) is 19.6 Å². The van der Waals surface area contributed by atoms with Crippen LogP contribution in [0.4, 0.5) is 14.4 Å². The summed E-state index contributed by atoms with van der Waals surface area (Å²) in [6, 6.07) is -1.43. The quantitative estimate of drug-likeness (QED) is 0.399. The predicted octanol–water partition coefficient (Wildman–Crippen LogP) is 2.45. The fourth-order valence-electron chi connectivity index (χ4n) is 3.36. The van der Waals surface area contributed by atoms with Crippen molar-refractivity contribution in [2.45, 2.75) is 71.9 Å². The Morgan fingerprint density at radius 1 is 1.19 bits per heavy atom. The highest BCUT2D eigenvalue weighted by Crippen LogP contribution is 2.41. The van der Waals surface area contributed by atoms with Gasteiger partial charge < -0.3 is 14.4 Å². The summed E-state index contributed by atoms with van der Waals surface area (Å²) in [7, 11) is -3.53. The molecule has 2 N–H and O–H groups in total. The first kappa shape index (κ1) is 28.5. The summed E-state index contributed by atoms with van der Waals surface area (Å²) in [5.41, 5.74) is -1.23. The van der Waals surface area contributed by atoms with E-state index in [0.29, 0.717) is 20.6 Å². The van der Waals surface area contributed by atoms with Gasteiger partial charge in [-0.15, -0.1) is 15.6 Å². The lowest BCUT2D eigenvalue weighted by Gasteiger charge is -2.27. The van der Waals surface area contributed by atoms with Crippen LogP contribution in [0, 0.1) is 5.41 Å². The van der Waals surface area contributed by atoms with Crippen molar-refractivity contribution in [1.82, 2.24) is 25.2 Å². The minimum Gasteiger partial charge on any atom is -0.444 e. The number of ether oxygens (including phenoxy) is 2. The Balaban J connectivity index is 1.85. The fraction of sp³-hybridized carbons (Fsp3) is 0.650. The summed E-state index contributed by atoms with van der Waals surface area (Å²) < 4.78 is 43.3. The van der Waals surface area contributed by atoms with Crippen molar-refractivity contribution in [3.63, 3.8) is 0 Å². The summed E-state index contributed by atoms with van der Waals surface area (Å²) in [6.07, 6.45) is -1.83. The van der Waals surface area contributed by atoms with Crippen LogP contribution < -0.4 is 5.32 Å². The summed E-state index contributed by atoms with van der Waals surface area (Å²) in [4.78, 5) is 45.0. The molecular weight excluding hydrogens is 532 g/mol. The number of nitrogens with one attached hydrogen (secondary N) is 2. The van der Waals surface area contributed by atoms with Crippen LogP contribution in [0.25, 0.3) is 0 Å². The number of amides is 4. The number of carbonyl (C=O) groups excluding carboxylic acids is 3. The summed E-state index contributed by atoms with van der Waals surface area (Å²) in [5.74, 6) is -0.590. The van der Waals surface area contributed by atoms with E-state index in [0.717, 1.165) is 23.3 Å². The molecule has 1 unspecified atom stereocenters. The van der Waals surface area contributed by atoms with Gasteiger partial charge in [0.25, 0.3) is 0 Å². The maximum Gasteiger partial charge on any atom is 0.420 e. The largest absolute Gasteiger partial charge is 0.444 e. The maximum atomic E-state index is 12.9. The van der Waals surface area contributed by atoms with Crippen LogP contribution in [0.3, 0.4) is 0 Å². The van der Waals surface area contributed by atoms with Gasteiger partial charge in [-0.2, -0.15) is 13.5 Å². The molecule has 1 saturated heterocycles. The molecule has 1 atom stereocenters. The van der Waals surface area contributed by atoms with Crippen LogP contribution in [0.1, 0.15) is 63.2 Å². The molecule has 0 aliphatic carbocycles. The number of carbonyl (C=O) groups is 3. The van der Waals surface area contributed by atoms with Gasteiger partial charge in [0, 0.05) is 0 Å². The van der Waals surface area contributed by atoms with E-state index in [1.165, 1.54) is 4.90 Å². The van der Waals surface area contributed by atoms with Crippen LogP contribution in [-0.2, 0) is 41.4 Å². The number of urea groups is 1. The van der Waals surface area contributed by atoms with Crippen molar-refractivity contribution >= 4 is 45.9 Å². The van der Waals surface area contributed by atoms with Crippen molar-refractivity contribution in [2.24, 2.45) is 0 Å². The molecule has 3 rings (SSSR count). The average molecular weight is 563 g/mol. The molecule has 37 heavy (non-hydrogen) atoms. The van der Waals surface area contributed by atoms with Crippen LogP contribution in [-0.4, -0.2) is 77.3 Å². The molecule has 2 aliphatic heterocycles. The molecule has 0 spiro atoms. The Morgan fingerprint density at radius 2 is 1.81 bits per heavy atom. The van der Waals surface area contributed by atoms with Gasteiger partial charge in [0.2, 0.25) is 5.96 Å². The number of guanidine groups is 1. The van der Waals surface area contributed by atoms with E-state index in [1.54, 1.807) is 41.5 Å². The van der Waals surface area contributed by atoms with E-state index in [1.807, 2.05) is 0 Å². The molecule has 1 fully saturated rings. The summed E-state index contributed by atoms with van der Waals surface area (Å²) >= 11 is 1.11. The van der Waals surface area contributed by atoms with E-state index in [4.69, 9.17) is 19.2 Å². The molecule has 0 saturated carbocycles. The SMILES string of the molecule is COS(=O)(=O)ON1C(=O)N2Cc3nc(CN(C(=N)NC(=O)OC(C)(C)C)C(=O)OC(C)(C)C)sc3C1C2. The van der Waals surface area contributed by atoms with E-state index in [9.17, 15) is 22.8 Å². The number of nitrogens with zero attached hydrogens (tertiary/aromatic N) is 4. The zero-order chi connectivity index (χ0) is 27.9. The Kier molecular flexibility index (Phi) is 7.74. The zero-order valence-corrected chi connectivity index (χ0v) is 23.1. The lowest BCUT2D eigenvalue weighted by molar-refractivity contribution is -0.0332. The molecule has 2 bridgehead atoms. The van der Waals surface area contributed by atoms with Crippen molar-refractivity contribution in [2.75, 3.05) is 13.7 Å². The van der Waals surface area contributed by atoms with Crippen LogP contribution in [0.2, 0.25) is 0 Å². The standard InChI is InChI=1S/C20H30N6O9S2/c1-19(2,3)33-16(27)23-15(21)25(18(29)34-20(4,5)6)10-13-22-11-8-24-9-12(14(11)36-13)26(17(24)28)35-37(30,31)32-7/h12H,8-10H2,1-7H3,(H2,21,23,27). The van der Waals surface area contributed by atoms with Crippen molar-refractivity contribution in [1.29, 1.82) is 5.41 Å². The smallest absolute Gasteiger partial charge is 0.420 e. The minimum absolute atomic E-state index is 0.0914. The van der Waals surface area contributed by atoms with Gasteiger partial charge in [-0.3, -0.25) is 14.9 Å². The number of hydrogen-bond acceptors (Lipinski definition) is 12. The number of fused-ring (bicyclic) bond motifs is 4. The Bertz CT molecular complexity index is 1200. The van der Waals surface area contributed by atoms with Gasteiger partial charge in [0.1, 0.15) is 22.3 Å². The van der Waals surface area contributed by atoms with Crippen molar-refractivity contribution < 1.29 is 40.7 Å². The lowest BCUT2D eigenvalue weighted by atomic mass is 10.1. The van der Waals surface area contributed by atoms with Crippen LogP contribution in [0.15, 0.2) is 0 Å². The second kappa shape index (κ2) is 10.0. The molecule has 15 nitrogen and oxygen atoms in total. The highest BCUT2D eigenvalue weighted by molar-refractivity contribution is 7.81. The number of thiazole rings is 1. The normalized spacial score (nSPS) is 17.4. The van der Waals surface area contributed by atoms with Gasteiger partial charge in [0.15, 0.2) is 0 Å². The first-order valence-electron chi connectivity index (χ1n) is 11.0. The third-order valence-corrected chi connectivity index (χ3v) is 6.66. The van der Waals surface area contributed by atoms with Gasteiger partial charge in [-0.05, 0) is 41.5 Å². The van der Waals surface area contributed by atoms with E-state index < -0.39 is 51.8 Å².